The third kappa shape index (κ3) is 1.93. The molecule has 4 heteroatoms. The van der Waals surface area contributed by atoms with Gasteiger partial charge in [0.25, 0.3) is 0 Å². The van der Waals surface area contributed by atoms with E-state index >= 15 is 0 Å². The zero-order valence-corrected chi connectivity index (χ0v) is 6.51. The van der Waals surface area contributed by atoms with Gasteiger partial charge in [-0.05, 0) is 12.8 Å². The predicted octanol–water partition coefficient (Wildman–Crippen LogP) is 1.74. The Kier molecular flexibility index (Phi) is 2.49. The van der Waals surface area contributed by atoms with Crippen LogP contribution in [0, 0.1) is 0 Å². The molecule has 2 unspecified atom stereocenters. The van der Waals surface area contributed by atoms with E-state index in [1.165, 1.54) is 6.08 Å². The van der Waals surface area contributed by atoms with Gasteiger partial charge in [0.05, 0.1) is 11.0 Å². The molecule has 0 saturated heterocycles. The molecule has 0 aromatic carbocycles. The van der Waals surface area contributed by atoms with Gasteiger partial charge >= 0.3 is 5.97 Å². The maximum absolute atomic E-state index is 12.8. The van der Waals surface area contributed by atoms with Crippen molar-refractivity contribution in [3.05, 3.63) is 11.6 Å². The summed E-state index contributed by atoms with van der Waals surface area (Å²) in [5, 5.41) is 8.13. The number of hydrogen-bond donors (Lipinski definition) is 1. The number of aliphatic carboxylic acids is 1. The first-order chi connectivity index (χ1) is 5.11. The average Bonchev–Trinajstić information content (AvgIpc) is 1.94. The molecule has 1 aliphatic rings. The third-order valence-corrected chi connectivity index (χ3v) is 1.98. The van der Waals surface area contributed by atoms with Crippen LogP contribution < -0.4 is 0 Å². The fourth-order valence-corrected chi connectivity index (χ4v) is 1.31. The summed E-state index contributed by atoms with van der Waals surface area (Å²) in [4.78, 5) is 10.3. The Balaban J connectivity index is 2.79. The van der Waals surface area contributed by atoms with E-state index in [9.17, 15) is 9.18 Å². The van der Waals surface area contributed by atoms with Gasteiger partial charge in [-0.25, -0.2) is 9.18 Å². The predicted molar refractivity (Wildman–Crippen MR) is 39.5 cm³/mol. The minimum absolute atomic E-state index is 0.198. The number of carboxylic acids is 1. The van der Waals surface area contributed by atoms with E-state index in [4.69, 9.17) is 16.7 Å². The molecule has 0 heterocycles. The van der Waals surface area contributed by atoms with Gasteiger partial charge < -0.3 is 5.11 Å². The fraction of sp³-hybridized carbons (Fsp3) is 0.571. The van der Waals surface area contributed by atoms with Crippen molar-refractivity contribution in [3.63, 3.8) is 0 Å². The highest BCUT2D eigenvalue weighted by Gasteiger charge is 2.25. The van der Waals surface area contributed by atoms with Gasteiger partial charge in [-0.1, -0.05) is 6.08 Å². The lowest BCUT2D eigenvalue weighted by Gasteiger charge is -2.16. The van der Waals surface area contributed by atoms with E-state index in [0.29, 0.717) is 6.42 Å². The van der Waals surface area contributed by atoms with Gasteiger partial charge in [-0.15, -0.1) is 11.6 Å². The molecule has 0 amide bonds. The Morgan fingerprint density at radius 1 is 1.73 bits per heavy atom. The fourth-order valence-electron chi connectivity index (χ4n) is 1.05. The minimum Gasteiger partial charge on any atom is -0.478 e. The zero-order chi connectivity index (χ0) is 8.43. The van der Waals surface area contributed by atoms with E-state index in [1.807, 2.05) is 0 Å². The Labute approximate surface area is 68.7 Å². The Hall–Kier alpha value is -0.570. The minimum atomic E-state index is -1.34. The molecule has 1 N–H and O–H groups in total. The van der Waals surface area contributed by atoms with Gasteiger partial charge in [0.1, 0.15) is 6.17 Å². The first-order valence-corrected chi connectivity index (χ1v) is 3.78. The van der Waals surface area contributed by atoms with Crippen LogP contribution in [0.5, 0.6) is 0 Å². The van der Waals surface area contributed by atoms with E-state index in [1.54, 1.807) is 0 Å². The number of halogens is 2. The molecule has 2 atom stereocenters. The first kappa shape index (κ1) is 8.53. The molecule has 0 aliphatic heterocycles. The Morgan fingerprint density at radius 2 is 2.36 bits per heavy atom. The van der Waals surface area contributed by atoms with Crippen molar-refractivity contribution in [2.45, 2.75) is 24.4 Å². The maximum atomic E-state index is 12.8. The second kappa shape index (κ2) is 3.22. The summed E-state index contributed by atoms with van der Waals surface area (Å²) >= 11 is 5.61. The molecular weight excluding hydrogens is 171 g/mol. The summed E-state index contributed by atoms with van der Waals surface area (Å²) in [6, 6.07) is 0. The topological polar surface area (TPSA) is 37.3 Å². The standard InChI is InChI=1S/C7H8ClFO2/c8-4-1-2-6(9)5(3-4)7(10)11/h3-4,6H,1-2H2,(H,10,11). The Bertz CT molecular complexity index is 203. The van der Waals surface area contributed by atoms with Crippen LogP contribution in [-0.2, 0) is 4.79 Å². The smallest absolute Gasteiger partial charge is 0.334 e. The third-order valence-electron chi connectivity index (χ3n) is 1.64. The summed E-state index contributed by atoms with van der Waals surface area (Å²) in [5.74, 6) is -1.21. The summed E-state index contributed by atoms with van der Waals surface area (Å²) in [7, 11) is 0. The van der Waals surface area contributed by atoms with Crippen LogP contribution in [-0.4, -0.2) is 22.6 Å². The molecule has 0 aromatic rings. The summed E-state index contributed by atoms with van der Waals surface area (Å²) in [6.45, 7) is 0. The largest absolute Gasteiger partial charge is 0.478 e. The van der Waals surface area contributed by atoms with E-state index in [0.717, 1.165) is 0 Å². The molecule has 62 valence electrons. The molecule has 0 aromatic heterocycles. The molecule has 1 aliphatic carbocycles. The van der Waals surface area contributed by atoms with Crippen LogP contribution in [0.1, 0.15) is 12.8 Å². The van der Waals surface area contributed by atoms with Crippen LogP contribution in [0.2, 0.25) is 0 Å². The number of hydrogen-bond acceptors (Lipinski definition) is 1. The molecule has 0 fully saturated rings. The number of allylic oxidation sites excluding steroid dienone is 1. The van der Waals surface area contributed by atoms with Gasteiger partial charge in [-0.3, -0.25) is 0 Å². The molecule has 0 saturated carbocycles. The summed E-state index contributed by atoms with van der Waals surface area (Å²) in [5.41, 5.74) is -0.198. The number of alkyl halides is 2. The SMILES string of the molecule is O=C(O)C1=CC(Cl)CCC1F. The lowest BCUT2D eigenvalue weighted by atomic mass is 9.97. The summed E-state index contributed by atoms with van der Waals surface area (Å²) < 4.78 is 12.8. The monoisotopic (exact) mass is 178 g/mol. The number of carbonyl (C=O) groups is 1. The highest BCUT2D eigenvalue weighted by molar-refractivity contribution is 6.22. The second-order valence-corrected chi connectivity index (χ2v) is 3.05. The van der Waals surface area contributed by atoms with Gasteiger partial charge in [0.2, 0.25) is 0 Å². The molecule has 0 radical (unpaired) electrons. The Morgan fingerprint density at radius 3 is 2.82 bits per heavy atom. The van der Waals surface area contributed by atoms with Crippen LogP contribution >= 0.6 is 11.6 Å². The van der Waals surface area contributed by atoms with Crippen LogP contribution in [0.4, 0.5) is 4.39 Å². The highest BCUT2D eigenvalue weighted by atomic mass is 35.5. The van der Waals surface area contributed by atoms with Crippen LogP contribution in [0.25, 0.3) is 0 Å². The second-order valence-electron chi connectivity index (χ2n) is 2.49. The lowest BCUT2D eigenvalue weighted by molar-refractivity contribution is -0.133. The number of rotatable bonds is 1. The van der Waals surface area contributed by atoms with Crippen molar-refractivity contribution in [2.75, 3.05) is 0 Å². The van der Waals surface area contributed by atoms with Crippen molar-refractivity contribution in [2.24, 2.45) is 0 Å². The van der Waals surface area contributed by atoms with Crippen molar-refractivity contribution in [1.29, 1.82) is 0 Å². The number of carboxylic acid groups (broad SMARTS) is 1. The molecule has 1 rings (SSSR count). The quantitative estimate of drug-likeness (QED) is 0.621. The van der Waals surface area contributed by atoms with E-state index in [2.05, 4.69) is 0 Å². The van der Waals surface area contributed by atoms with Crippen molar-refractivity contribution >= 4 is 17.6 Å². The summed E-state index contributed by atoms with van der Waals surface area (Å²) in [6.07, 6.45) is 0.659. The van der Waals surface area contributed by atoms with E-state index < -0.39 is 12.1 Å². The van der Waals surface area contributed by atoms with Crippen LogP contribution in [0.15, 0.2) is 11.6 Å². The van der Waals surface area contributed by atoms with Gasteiger partial charge in [-0.2, -0.15) is 0 Å². The van der Waals surface area contributed by atoms with Gasteiger partial charge in [0.15, 0.2) is 0 Å². The van der Waals surface area contributed by atoms with Crippen molar-refractivity contribution < 1.29 is 14.3 Å². The average molecular weight is 179 g/mol. The normalized spacial score (nSPS) is 31.3. The lowest BCUT2D eigenvalue weighted by Crippen LogP contribution is -2.20. The first-order valence-electron chi connectivity index (χ1n) is 3.34. The zero-order valence-electron chi connectivity index (χ0n) is 5.76. The molecule has 2 nitrogen and oxygen atoms in total. The van der Waals surface area contributed by atoms with Gasteiger partial charge in [0, 0.05) is 0 Å². The molecule has 0 bridgehead atoms. The maximum Gasteiger partial charge on any atom is 0.334 e. The molecule has 0 spiro atoms. The molecule has 11 heavy (non-hydrogen) atoms. The van der Waals surface area contributed by atoms with Crippen molar-refractivity contribution in [1.82, 2.24) is 0 Å². The van der Waals surface area contributed by atoms with E-state index in [-0.39, 0.29) is 17.4 Å². The highest BCUT2D eigenvalue weighted by Crippen LogP contribution is 2.24. The van der Waals surface area contributed by atoms with Crippen LogP contribution in [0.3, 0.4) is 0 Å². The van der Waals surface area contributed by atoms with Crippen molar-refractivity contribution in [3.8, 4) is 0 Å². The molecular formula is C7H8ClFO2.